The molecule has 0 saturated carbocycles. The molecular formula is C36H26S3. The Labute approximate surface area is 243 Å². The molecular weight excluding hydrogens is 529 g/mol. The number of hydrogen-bond donors (Lipinski definition) is 0. The molecule has 0 aliphatic rings. The highest BCUT2D eigenvalue weighted by atomic mass is 32.2. The maximum atomic E-state index is 2.21. The lowest BCUT2D eigenvalue weighted by Gasteiger charge is -2.07. The van der Waals surface area contributed by atoms with Gasteiger partial charge >= 0.3 is 0 Å². The minimum atomic E-state index is 1.25. The van der Waals surface area contributed by atoms with Crippen LogP contribution in [0.2, 0.25) is 0 Å². The molecule has 6 aromatic carbocycles. The van der Waals surface area contributed by atoms with E-state index in [9.17, 15) is 0 Å². The van der Waals surface area contributed by atoms with E-state index in [1.165, 1.54) is 51.6 Å². The summed E-state index contributed by atoms with van der Waals surface area (Å²) in [5, 5.41) is 0. The van der Waals surface area contributed by atoms with Crippen molar-refractivity contribution in [2.45, 2.75) is 29.4 Å². The third-order valence-electron chi connectivity index (χ3n) is 6.28. The van der Waals surface area contributed by atoms with E-state index in [0.29, 0.717) is 0 Å². The normalized spacial score (nSPS) is 10.9. The van der Waals surface area contributed by atoms with Crippen molar-refractivity contribution in [3.05, 3.63) is 158 Å². The summed E-state index contributed by atoms with van der Waals surface area (Å²) in [6, 6.07) is 56.3. The molecule has 0 radical (unpaired) electrons. The molecule has 0 N–H and O–H groups in total. The van der Waals surface area contributed by atoms with Gasteiger partial charge in [-0.3, -0.25) is 0 Å². The fraction of sp³-hybridized carbons (Fsp3) is 0. The average molecular weight is 555 g/mol. The van der Waals surface area contributed by atoms with Crippen LogP contribution in [0.15, 0.2) is 187 Å². The number of hydrogen-bond acceptors (Lipinski definition) is 3. The minimum Gasteiger partial charge on any atom is -0.0901 e. The molecule has 6 rings (SSSR count). The van der Waals surface area contributed by atoms with Crippen LogP contribution in [0.1, 0.15) is 0 Å². The van der Waals surface area contributed by atoms with E-state index in [-0.39, 0.29) is 0 Å². The highest BCUT2D eigenvalue weighted by molar-refractivity contribution is 8.00. The van der Waals surface area contributed by atoms with E-state index in [0.717, 1.165) is 0 Å². The van der Waals surface area contributed by atoms with E-state index in [2.05, 4.69) is 158 Å². The Balaban J connectivity index is 1.03. The first-order valence-corrected chi connectivity index (χ1v) is 15.3. The van der Waals surface area contributed by atoms with Gasteiger partial charge in [0.05, 0.1) is 0 Å². The quantitative estimate of drug-likeness (QED) is 0.184. The van der Waals surface area contributed by atoms with E-state index in [4.69, 9.17) is 0 Å². The molecule has 0 atom stereocenters. The molecule has 0 fully saturated rings. The van der Waals surface area contributed by atoms with Gasteiger partial charge in [0.25, 0.3) is 0 Å². The zero-order chi connectivity index (χ0) is 26.3. The monoisotopic (exact) mass is 554 g/mol. The van der Waals surface area contributed by atoms with Crippen molar-refractivity contribution < 1.29 is 0 Å². The SMILES string of the molecule is c1ccc(-c2ccc(Sc3ccc(Sc4ccc(Sc5ccc(-c6ccccc6)cc5)cc4)cc3)cc2)cc1. The highest BCUT2D eigenvalue weighted by Crippen LogP contribution is 2.35. The third kappa shape index (κ3) is 6.88. The summed E-state index contributed by atoms with van der Waals surface area (Å²) in [7, 11) is 0. The largest absolute Gasteiger partial charge is 0.0901 e. The first-order valence-electron chi connectivity index (χ1n) is 12.8. The van der Waals surface area contributed by atoms with Gasteiger partial charge in [0, 0.05) is 29.4 Å². The summed E-state index contributed by atoms with van der Waals surface area (Å²) < 4.78 is 0. The Bertz CT molecular complexity index is 1480. The summed E-state index contributed by atoms with van der Waals surface area (Å²) in [6.07, 6.45) is 0. The molecule has 188 valence electrons. The van der Waals surface area contributed by atoms with Crippen LogP contribution < -0.4 is 0 Å². The molecule has 0 nitrogen and oxygen atoms in total. The van der Waals surface area contributed by atoms with Gasteiger partial charge in [0.1, 0.15) is 0 Å². The van der Waals surface area contributed by atoms with Crippen molar-refractivity contribution in [3.8, 4) is 22.3 Å². The van der Waals surface area contributed by atoms with Crippen molar-refractivity contribution in [1.82, 2.24) is 0 Å². The van der Waals surface area contributed by atoms with Crippen molar-refractivity contribution in [2.24, 2.45) is 0 Å². The average Bonchev–Trinajstić information content (AvgIpc) is 3.01. The topological polar surface area (TPSA) is 0 Å². The lowest BCUT2D eigenvalue weighted by atomic mass is 10.1. The number of rotatable bonds is 8. The fourth-order valence-corrected chi connectivity index (χ4v) is 6.70. The molecule has 0 bridgehead atoms. The summed E-state index contributed by atoms with van der Waals surface area (Å²) in [5.74, 6) is 0. The number of benzene rings is 6. The molecule has 0 spiro atoms. The molecule has 39 heavy (non-hydrogen) atoms. The maximum Gasteiger partial charge on any atom is 0.0123 e. The molecule has 0 aromatic heterocycles. The predicted octanol–water partition coefficient (Wildman–Crippen LogP) is 11.5. The summed E-state index contributed by atoms with van der Waals surface area (Å²) in [4.78, 5) is 7.48. The van der Waals surface area contributed by atoms with Crippen LogP contribution in [-0.2, 0) is 0 Å². The van der Waals surface area contributed by atoms with E-state index < -0.39 is 0 Å². The van der Waals surface area contributed by atoms with Crippen molar-refractivity contribution in [3.63, 3.8) is 0 Å². The molecule has 0 unspecified atom stereocenters. The Morgan fingerprint density at radius 2 is 0.410 bits per heavy atom. The van der Waals surface area contributed by atoms with Crippen LogP contribution in [0.25, 0.3) is 22.3 Å². The van der Waals surface area contributed by atoms with E-state index >= 15 is 0 Å². The highest BCUT2D eigenvalue weighted by Gasteiger charge is 2.04. The predicted molar refractivity (Wildman–Crippen MR) is 169 cm³/mol. The van der Waals surface area contributed by atoms with Gasteiger partial charge in [-0.2, -0.15) is 0 Å². The third-order valence-corrected chi connectivity index (χ3v) is 9.32. The van der Waals surface area contributed by atoms with Gasteiger partial charge in [-0.05, 0) is 95.1 Å². The van der Waals surface area contributed by atoms with E-state index in [1.807, 2.05) is 0 Å². The molecule has 0 aliphatic carbocycles. The maximum absolute atomic E-state index is 2.21. The standard InChI is InChI=1S/C36H26S3/c1-3-7-27(8-4-1)29-11-15-31(16-12-29)37-33-19-23-35(24-20-33)39-36-25-21-34(22-26-36)38-32-17-13-30(14-18-32)28-9-5-2-6-10-28/h1-26H. The first kappa shape index (κ1) is 25.6. The smallest absolute Gasteiger partial charge is 0.0123 e. The van der Waals surface area contributed by atoms with Crippen LogP contribution in [0, 0.1) is 0 Å². The fourth-order valence-electron chi connectivity index (χ4n) is 4.25. The van der Waals surface area contributed by atoms with Crippen molar-refractivity contribution in [1.29, 1.82) is 0 Å². The first-order chi connectivity index (χ1) is 19.3. The van der Waals surface area contributed by atoms with Crippen molar-refractivity contribution in [2.75, 3.05) is 0 Å². The van der Waals surface area contributed by atoms with Gasteiger partial charge in [0.15, 0.2) is 0 Å². The second kappa shape index (κ2) is 12.5. The lowest BCUT2D eigenvalue weighted by Crippen LogP contribution is -1.79. The summed E-state index contributed by atoms with van der Waals surface area (Å²) in [5.41, 5.74) is 4.99. The summed E-state index contributed by atoms with van der Waals surface area (Å²) >= 11 is 5.39. The summed E-state index contributed by atoms with van der Waals surface area (Å²) in [6.45, 7) is 0. The van der Waals surface area contributed by atoms with Gasteiger partial charge in [-0.1, -0.05) is 120 Å². The zero-order valence-corrected chi connectivity index (χ0v) is 23.7. The lowest BCUT2D eigenvalue weighted by molar-refractivity contribution is 1.31. The zero-order valence-electron chi connectivity index (χ0n) is 21.2. The van der Waals surface area contributed by atoms with Gasteiger partial charge in [0.2, 0.25) is 0 Å². The molecule has 0 saturated heterocycles. The molecule has 6 aromatic rings. The van der Waals surface area contributed by atoms with Crippen molar-refractivity contribution >= 4 is 35.3 Å². The molecule has 0 aliphatic heterocycles. The van der Waals surface area contributed by atoms with Crippen LogP contribution in [-0.4, -0.2) is 0 Å². The van der Waals surface area contributed by atoms with Crippen LogP contribution in [0.3, 0.4) is 0 Å². The molecule has 3 heteroatoms. The molecule has 0 amide bonds. The second-order valence-corrected chi connectivity index (χ2v) is 12.5. The molecule has 0 heterocycles. The van der Waals surface area contributed by atoms with Gasteiger partial charge in [-0.15, -0.1) is 0 Å². The Morgan fingerprint density at radius 1 is 0.205 bits per heavy atom. The van der Waals surface area contributed by atoms with Crippen LogP contribution in [0.4, 0.5) is 0 Å². The second-order valence-electron chi connectivity index (χ2n) is 9.03. The van der Waals surface area contributed by atoms with Crippen LogP contribution >= 0.6 is 35.3 Å². The van der Waals surface area contributed by atoms with Crippen LogP contribution in [0.5, 0.6) is 0 Å². The Morgan fingerprint density at radius 3 is 0.667 bits per heavy atom. The van der Waals surface area contributed by atoms with Gasteiger partial charge < -0.3 is 0 Å². The van der Waals surface area contributed by atoms with E-state index in [1.54, 1.807) is 35.3 Å². The minimum absolute atomic E-state index is 1.25. The Kier molecular flexibility index (Phi) is 8.21. The Hall–Kier alpha value is -3.63. The van der Waals surface area contributed by atoms with Gasteiger partial charge in [-0.25, -0.2) is 0 Å².